The first-order chi connectivity index (χ1) is 12.7. The van der Waals surface area contributed by atoms with Crippen LogP contribution in [0.1, 0.15) is 38.3 Å². The fraction of sp³-hybridized carbons (Fsp3) is 0.286. The number of fused-ring (bicyclic) bond motifs is 1. The van der Waals surface area contributed by atoms with Crippen LogP contribution in [0, 0.1) is 5.41 Å². The molecule has 2 aromatic rings. The molecular formula is C21H20Cl2N2O2. The number of hydrogen-bond acceptors (Lipinski definition) is 4. The summed E-state index contributed by atoms with van der Waals surface area (Å²) in [5.41, 5.74) is 3.52. The van der Waals surface area contributed by atoms with Gasteiger partial charge in [-0.05, 0) is 41.7 Å². The number of benzene rings is 2. The number of aromatic hydroxyl groups is 1. The summed E-state index contributed by atoms with van der Waals surface area (Å²) < 4.78 is 0. The van der Waals surface area contributed by atoms with Gasteiger partial charge < -0.3 is 15.7 Å². The summed E-state index contributed by atoms with van der Waals surface area (Å²) in [5, 5.41) is 18.0. The van der Waals surface area contributed by atoms with E-state index in [4.69, 9.17) is 23.2 Å². The lowest BCUT2D eigenvalue weighted by Crippen LogP contribution is -2.31. The van der Waals surface area contributed by atoms with Crippen LogP contribution in [0.2, 0.25) is 10.0 Å². The first-order valence-electron chi connectivity index (χ1n) is 8.82. The van der Waals surface area contributed by atoms with Crippen molar-refractivity contribution in [3.8, 4) is 5.75 Å². The molecule has 140 valence electrons. The highest BCUT2D eigenvalue weighted by atomic mass is 35.5. The monoisotopic (exact) mass is 402 g/mol. The van der Waals surface area contributed by atoms with Crippen molar-refractivity contribution in [1.82, 2.24) is 0 Å². The number of carbonyl (C=O) groups excluding carboxylic acids is 1. The molecule has 0 bridgehead atoms. The van der Waals surface area contributed by atoms with Crippen LogP contribution >= 0.6 is 23.2 Å². The van der Waals surface area contributed by atoms with Crippen molar-refractivity contribution < 1.29 is 9.90 Å². The molecule has 0 fully saturated rings. The van der Waals surface area contributed by atoms with E-state index in [-0.39, 0.29) is 23.0 Å². The van der Waals surface area contributed by atoms with Gasteiger partial charge in [-0.3, -0.25) is 4.79 Å². The lowest BCUT2D eigenvalue weighted by Gasteiger charge is -2.34. The number of rotatable bonds is 1. The quantitative estimate of drug-likeness (QED) is 0.517. The Balaban J connectivity index is 1.92. The summed E-state index contributed by atoms with van der Waals surface area (Å²) in [6.45, 7) is 4.16. The molecular weight excluding hydrogens is 383 g/mol. The van der Waals surface area contributed by atoms with Gasteiger partial charge in [0.1, 0.15) is 11.4 Å². The third kappa shape index (κ3) is 3.28. The predicted molar refractivity (Wildman–Crippen MR) is 110 cm³/mol. The molecule has 1 atom stereocenters. The average Bonchev–Trinajstić information content (AvgIpc) is 2.74. The van der Waals surface area contributed by atoms with Crippen LogP contribution < -0.4 is 10.6 Å². The van der Waals surface area contributed by atoms with Gasteiger partial charge in [0.25, 0.3) is 0 Å². The number of halogens is 2. The first kappa shape index (κ1) is 18.2. The molecule has 2 aromatic carbocycles. The lowest BCUT2D eigenvalue weighted by molar-refractivity contribution is -0.118. The number of phenolic OH excluding ortho intramolecular Hbond substituents is 1. The van der Waals surface area contributed by atoms with Crippen LogP contribution in [0.15, 0.2) is 47.7 Å². The van der Waals surface area contributed by atoms with Crippen molar-refractivity contribution in [3.05, 3.63) is 63.3 Å². The van der Waals surface area contributed by atoms with Crippen LogP contribution in [0.5, 0.6) is 5.75 Å². The molecule has 6 heteroatoms. The fourth-order valence-corrected chi connectivity index (χ4v) is 4.20. The molecule has 4 rings (SSSR count). The standard InChI is InChI=1S/C21H20Cl2N2O2/c1-21(2)9-15-18(17(27)10-21)19(11-6-7-12(22)13(23)8-11)24-14-4-3-5-16(26)20(14)25-15/h3-8,19,24-26H,9-10H2,1-2H3. The van der Waals surface area contributed by atoms with E-state index in [1.807, 2.05) is 12.1 Å². The van der Waals surface area contributed by atoms with Gasteiger partial charge in [-0.25, -0.2) is 0 Å². The average molecular weight is 403 g/mol. The number of carbonyl (C=O) groups is 1. The van der Waals surface area contributed by atoms with E-state index in [1.165, 1.54) is 0 Å². The zero-order chi connectivity index (χ0) is 19.3. The van der Waals surface area contributed by atoms with E-state index in [9.17, 15) is 9.90 Å². The normalized spacial score (nSPS) is 20.9. The van der Waals surface area contributed by atoms with Crippen molar-refractivity contribution in [3.63, 3.8) is 0 Å². The van der Waals surface area contributed by atoms with E-state index < -0.39 is 0 Å². The molecule has 1 aliphatic carbocycles. The summed E-state index contributed by atoms with van der Waals surface area (Å²) in [6.07, 6.45) is 1.18. The van der Waals surface area contributed by atoms with E-state index >= 15 is 0 Å². The van der Waals surface area contributed by atoms with Gasteiger partial charge in [-0.15, -0.1) is 0 Å². The van der Waals surface area contributed by atoms with Crippen molar-refractivity contribution in [2.75, 3.05) is 10.6 Å². The molecule has 3 N–H and O–H groups in total. The SMILES string of the molecule is CC1(C)CC(=O)C2=C(C1)Nc1c(O)cccc1NC2c1ccc(Cl)c(Cl)c1. The molecule has 0 spiro atoms. The zero-order valence-corrected chi connectivity index (χ0v) is 16.6. The van der Waals surface area contributed by atoms with Crippen LogP contribution in [-0.2, 0) is 4.79 Å². The van der Waals surface area contributed by atoms with Crippen molar-refractivity contribution in [2.45, 2.75) is 32.7 Å². The molecule has 0 aromatic heterocycles. The van der Waals surface area contributed by atoms with Gasteiger partial charge in [0.2, 0.25) is 0 Å². The highest BCUT2D eigenvalue weighted by Gasteiger charge is 2.39. The van der Waals surface area contributed by atoms with Crippen LogP contribution in [0.3, 0.4) is 0 Å². The Labute approximate surface area is 168 Å². The second-order valence-corrected chi connectivity index (χ2v) is 8.72. The van der Waals surface area contributed by atoms with Gasteiger partial charge in [-0.1, -0.05) is 49.2 Å². The minimum absolute atomic E-state index is 0.0876. The van der Waals surface area contributed by atoms with Gasteiger partial charge in [0.05, 0.1) is 21.8 Å². The molecule has 27 heavy (non-hydrogen) atoms. The molecule has 1 aliphatic heterocycles. The lowest BCUT2D eigenvalue weighted by atomic mass is 9.73. The van der Waals surface area contributed by atoms with Gasteiger partial charge in [0.15, 0.2) is 5.78 Å². The number of hydrogen-bond donors (Lipinski definition) is 3. The predicted octanol–water partition coefficient (Wildman–Crippen LogP) is 5.92. The highest BCUT2D eigenvalue weighted by Crippen LogP contribution is 2.47. The minimum atomic E-state index is -0.381. The summed E-state index contributed by atoms with van der Waals surface area (Å²) in [6, 6.07) is 10.3. The number of anilines is 2. The molecule has 2 aliphatic rings. The van der Waals surface area contributed by atoms with Crippen molar-refractivity contribution in [1.29, 1.82) is 0 Å². The molecule has 4 nitrogen and oxygen atoms in total. The molecule has 0 radical (unpaired) electrons. The summed E-state index contributed by atoms with van der Waals surface area (Å²) >= 11 is 12.3. The summed E-state index contributed by atoms with van der Waals surface area (Å²) in [7, 11) is 0. The van der Waals surface area contributed by atoms with E-state index in [0.29, 0.717) is 34.1 Å². The topological polar surface area (TPSA) is 61.4 Å². The zero-order valence-electron chi connectivity index (χ0n) is 15.1. The minimum Gasteiger partial charge on any atom is -0.506 e. The van der Waals surface area contributed by atoms with Gasteiger partial charge in [-0.2, -0.15) is 0 Å². The Morgan fingerprint density at radius 2 is 1.89 bits per heavy atom. The fourth-order valence-electron chi connectivity index (χ4n) is 3.89. The number of nitrogens with one attached hydrogen (secondary N) is 2. The summed E-state index contributed by atoms with van der Waals surface area (Å²) in [5.74, 6) is 0.224. The second-order valence-electron chi connectivity index (χ2n) is 7.91. The van der Waals surface area contributed by atoms with Crippen LogP contribution in [-0.4, -0.2) is 10.9 Å². The van der Waals surface area contributed by atoms with E-state index in [2.05, 4.69) is 24.5 Å². The van der Waals surface area contributed by atoms with E-state index in [1.54, 1.807) is 24.3 Å². The van der Waals surface area contributed by atoms with Gasteiger partial charge in [0, 0.05) is 17.7 Å². The highest BCUT2D eigenvalue weighted by molar-refractivity contribution is 6.42. The summed E-state index contributed by atoms with van der Waals surface area (Å²) in [4.78, 5) is 13.1. The molecule has 0 saturated heterocycles. The smallest absolute Gasteiger partial charge is 0.163 e. The Morgan fingerprint density at radius 1 is 1.11 bits per heavy atom. The number of para-hydroxylation sites is 1. The Morgan fingerprint density at radius 3 is 2.63 bits per heavy atom. The largest absolute Gasteiger partial charge is 0.506 e. The Hall–Kier alpha value is -2.17. The molecule has 1 unspecified atom stereocenters. The van der Waals surface area contributed by atoms with Gasteiger partial charge >= 0.3 is 0 Å². The number of ketones is 1. The third-order valence-corrected chi connectivity index (χ3v) is 5.84. The van der Waals surface area contributed by atoms with Crippen molar-refractivity contribution in [2.24, 2.45) is 5.41 Å². The maximum atomic E-state index is 13.1. The molecule has 1 heterocycles. The first-order valence-corrected chi connectivity index (χ1v) is 9.57. The Bertz CT molecular complexity index is 982. The Kier molecular flexibility index (Phi) is 4.36. The van der Waals surface area contributed by atoms with Crippen LogP contribution in [0.4, 0.5) is 11.4 Å². The number of phenols is 1. The maximum Gasteiger partial charge on any atom is 0.163 e. The molecule has 0 saturated carbocycles. The number of Topliss-reactive ketones (excluding diaryl/α,β-unsaturated/α-hetero) is 1. The van der Waals surface area contributed by atoms with E-state index in [0.717, 1.165) is 16.9 Å². The van der Waals surface area contributed by atoms with Crippen molar-refractivity contribution >= 4 is 40.4 Å². The van der Waals surface area contributed by atoms with Crippen LogP contribution in [0.25, 0.3) is 0 Å². The number of allylic oxidation sites excluding steroid dienone is 1. The third-order valence-electron chi connectivity index (χ3n) is 5.10. The molecule has 0 amide bonds. The maximum absolute atomic E-state index is 13.1. The second kappa shape index (κ2) is 6.47.